The van der Waals surface area contributed by atoms with Crippen LogP contribution in [0.2, 0.25) is 0 Å². The molecule has 29 heavy (non-hydrogen) atoms. The molecule has 5 heteroatoms. The summed E-state index contributed by atoms with van der Waals surface area (Å²) in [5, 5.41) is 3.74. The number of halogens is 2. The van der Waals surface area contributed by atoms with E-state index < -0.39 is 0 Å². The number of ether oxygens (including phenoxy) is 2. The van der Waals surface area contributed by atoms with Crippen molar-refractivity contribution in [2.75, 3.05) is 6.61 Å². The predicted octanol–water partition coefficient (Wildman–Crippen LogP) is 6.77. The summed E-state index contributed by atoms with van der Waals surface area (Å²) >= 11 is 3.70. The maximum Gasteiger partial charge on any atom is 0.162 e. The van der Waals surface area contributed by atoms with Crippen LogP contribution in [0, 0.1) is 5.82 Å². The molecule has 1 N–H and O–H groups in total. The van der Waals surface area contributed by atoms with Gasteiger partial charge in [0.15, 0.2) is 11.5 Å². The Balaban J connectivity index is 1.65. The number of nitrogens with one attached hydrogen (secondary N) is 1. The molecule has 3 rings (SSSR count). The van der Waals surface area contributed by atoms with Crippen LogP contribution in [0.4, 0.5) is 4.39 Å². The van der Waals surface area contributed by atoms with Crippen LogP contribution >= 0.6 is 15.9 Å². The van der Waals surface area contributed by atoms with Gasteiger partial charge in [0, 0.05) is 17.1 Å². The van der Waals surface area contributed by atoms with Gasteiger partial charge < -0.3 is 14.8 Å². The van der Waals surface area contributed by atoms with E-state index in [9.17, 15) is 4.39 Å². The van der Waals surface area contributed by atoms with Crippen molar-refractivity contribution in [3.05, 3.63) is 57.8 Å². The van der Waals surface area contributed by atoms with Gasteiger partial charge in [0.2, 0.25) is 0 Å². The van der Waals surface area contributed by atoms with Crippen LogP contribution in [0.15, 0.2) is 40.9 Å². The summed E-state index contributed by atoms with van der Waals surface area (Å²) in [5.74, 6) is 1.19. The van der Waals surface area contributed by atoms with Crippen molar-refractivity contribution in [3.8, 4) is 11.5 Å². The summed E-state index contributed by atoms with van der Waals surface area (Å²) in [7, 11) is 0. The van der Waals surface area contributed by atoms with Crippen LogP contribution < -0.4 is 14.8 Å². The molecule has 3 nitrogen and oxygen atoms in total. The SMILES string of the molecule is CCOc1cc(CNC2CCCCCCC2)c(Br)cc1OCc1ccc(F)cc1. The molecule has 0 aromatic heterocycles. The second-order valence-electron chi connectivity index (χ2n) is 7.66. The zero-order valence-electron chi connectivity index (χ0n) is 17.2. The predicted molar refractivity (Wildman–Crippen MR) is 119 cm³/mol. The Kier molecular flexibility index (Phi) is 8.81. The van der Waals surface area contributed by atoms with Gasteiger partial charge in [0.1, 0.15) is 12.4 Å². The highest BCUT2D eigenvalue weighted by Gasteiger charge is 2.14. The maximum atomic E-state index is 13.1. The number of rotatable bonds is 8. The first kappa shape index (κ1) is 22.1. The fraction of sp³-hybridized carbons (Fsp3) is 0.500. The van der Waals surface area contributed by atoms with E-state index in [2.05, 4.69) is 27.3 Å². The number of hydrogen-bond acceptors (Lipinski definition) is 3. The van der Waals surface area contributed by atoms with Gasteiger partial charge in [-0.2, -0.15) is 0 Å². The highest BCUT2D eigenvalue weighted by molar-refractivity contribution is 9.10. The smallest absolute Gasteiger partial charge is 0.162 e. The van der Waals surface area contributed by atoms with Crippen molar-refractivity contribution in [1.29, 1.82) is 0 Å². The van der Waals surface area contributed by atoms with Crippen LogP contribution in [-0.4, -0.2) is 12.6 Å². The number of benzene rings is 2. The Bertz CT molecular complexity index is 758. The fourth-order valence-electron chi connectivity index (χ4n) is 3.75. The molecular weight excluding hydrogens is 433 g/mol. The minimum Gasteiger partial charge on any atom is -0.490 e. The highest BCUT2D eigenvalue weighted by atomic mass is 79.9. The third-order valence-corrected chi connectivity index (χ3v) is 6.14. The second-order valence-corrected chi connectivity index (χ2v) is 8.52. The van der Waals surface area contributed by atoms with Crippen LogP contribution in [-0.2, 0) is 13.2 Å². The summed E-state index contributed by atoms with van der Waals surface area (Å²) < 4.78 is 25.9. The summed E-state index contributed by atoms with van der Waals surface area (Å²) in [6.45, 7) is 3.72. The van der Waals surface area contributed by atoms with Crippen molar-refractivity contribution in [2.24, 2.45) is 0 Å². The standard InChI is InChI=1S/C24H31BrFNO2/c1-2-28-23-14-19(16-27-21-8-6-4-3-5-7-9-21)22(25)15-24(23)29-17-18-10-12-20(26)13-11-18/h10-15,21,27H,2-9,16-17H2,1H3. The van der Waals surface area contributed by atoms with Gasteiger partial charge in [-0.3, -0.25) is 0 Å². The van der Waals surface area contributed by atoms with Crippen molar-refractivity contribution in [2.45, 2.75) is 71.1 Å². The van der Waals surface area contributed by atoms with E-state index >= 15 is 0 Å². The van der Waals surface area contributed by atoms with E-state index in [-0.39, 0.29) is 5.82 Å². The van der Waals surface area contributed by atoms with Crippen LogP contribution in [0.3, 0.4) is 0 Å². The summed E-state index contributed by atoms with van der Waals surface area (Å²) in [4.78, 5) is 0. The highest BCUT2D eigenvalue weighted by Crippen LogP contribution is 2.34. The van der Waals surface area contributed by atoms with Crippen LogP contribution in [0.1, 0.15) is 63.0 Å². The molecule has 0 aliphatic heterocycles. The molecule has 0 bridgehead atoms. The molecule has 1 fully saturated rings. The molecule has 0 amide bonds. The summed E-state index contributed by atoms with van der Waals surface area (Å²) in [5.41, 5.74) is 2.09. The first-order valence-electron chi connectivity index (χ1n) is 10.7. The van der Waals surface area contributed by atoms with E-state index in [0.29, 0.717) is 25.0 Å². The van der Waals surface area contributed by atoms with Gasteiger partial charge in [-0.25, -0.2) is 4.39 Å². The lowest BCUT2D eigenvalue weighted by atomic mass is 9.96. The van der Waals surface area contributed by atoms with Gasteiger partial charge in [-0.15, -0.1) is 0 Å². The van der Waals surface area contributed by atoms with E-state index in [1.165, 1.54) is 62.6 Å². The lowest BCUT2D eigenvalue weighted by molar-refractivity contribution is 0.268. The first-order valence-corrected chi connectivity index (χ1v) is 11.5. The Hall–Kier alpha value is -1.59. The Morgan fingerprint density at radius 2 is 1.62 bits per heavy atom. The zero-order chi connectivity index (χ0) is 20.5. The van der Waals surface area contributed by atoms with Gasteiger partial charge in [0.25, 0.3) is 0 Å². The average molecular weight is 464 g/mol. The van der Waals surface area contributed by atoms with Crippen molar-refractivity contribution in [3.63, 3.8) is 0 Å². The van der Waals surface area contributed by atoms with Crippen molar-refractivity contribution < 1.29 is 13.9 Å². The third kappa shape index (κ3) is 7.00. The largest absolute Gasteiger partial charge is 0.490 e. The quantitative estimate of drug-likeness (QED) is 0.468. The Morgan fingerprint density at radius 1 is 0.966 bits per heavy atom. The van der Waals surface area contributed by atoms with Gasteiger partial charge in [0.05, 0.1) is 6.61 Å². The molecule has 0 unspecified atom stereocenters. The Labute approximate surface area is 182 Å². The molecule has 0 saturated heterocycles. The topological polar surface area (TPSA) is 30.5 Å². The normalized spacial score (nSPS) is 15.6. The molecule has 0 radical (unpaired) electrons. The van der Waals surface area contributed by atoms with Crippen LogP contribution in [0.25, 0.3) is 0 Å². The molecule has 158 valence electrons. The van der Waals surface area contributed by atoms with E-state index in [1.807, 2.05) is 13.0 Å². The van der Waals surface area contributed by atoms with Crippen molar-refractivity contribution >= 4 is 15.9 Å². The minimum absolute atomic E-state index is 0.243. The van der Waals surface area contributed by atoms with Crippen molar-refractivity contribution in [1.82, 2.24) is 5.32 Å². The van der Waals surface area contributed by atoms with E-state index in [1.54, 1.807) is 12.1 Å². The Morgan fingerprint density at radius 3 is 2.31 bits per heavy atom. The molecule has 1 aliphatic rings. The summed E-state index contributed by atoms with van der Waals surface area (Å²) in [6, 6.07) is 11.0. The van der Waals surface area contributed by atoms with Gasteiger partial charge >= 0.3 is 0 Å². The molecule has 0 atom stereocenters. The number of hydrogen-bond donors (Lipinski definition) is 1. The van der Waals surface area contributed by atoms with Gasteiger partial charge in [-0.05, 0) is 55.2 Å². The molecule has 2 aromatic rings. The fourth-order valence-corrected chi connectivity index (χ4v) is 4.21. The lowest BCUT2D eigenvalue weighted by Crippen LogP contribution is -2.29. The second kappa shape index (κ2) is 11.6. The molecule has 1 aliphatic carbocycles. The van der Waals surface area contributed by atoms with Crippen LogP contribution in [0.5, 0.6) is 11.5 Å². The lowest BCUT2D eigenvalue weighted by Gasteiger charge is -2.22. The first-order chi connectivity index (χ1) is 14.2. The molecule has 0 heterocycles. The molecule has 2 aromatic carbocycles. The average Bonchev–Trinajstić information content (AvgIpc) is 2.69. The molecular formula is C24H31BrFNO2. The molecule has 0 spiro atoms. The van der Waals surface area contributed by atoms with E-state index in [0.717, 1.165) is 22.3 Å². The zero-order valence-corrected chi connectivity index (χ0v) is 18.8. The monoisotopic (exact) mass is 463 g/mol. The van der Waals surface area contributed by atoms with E-state index in [4.69, 9.17) is 9.47 Å². The third-order valence-electron chi connectivity index (χ3n) is 5.41. The maximum absolute atomic E-state index is 13.1. The minimum atomic E-state index is -0.243. The summed E-state index contributed by atoms with van der Waals surface area (Å²) in [6.07, 6.45) is 9.25. The van der Waals surface area contributed by atoms with Gasteiger partial charge in [-0.1, -0.05) is 60.2 Å². The molecule has 1 saturated carbocycles.